The van der Waals surface area contributed by atoms with Crippen LogP contribution in [-0.2, 0) is 9.59 Å². The molecule has 0 bridgehead atoms. The van der Waals surface area contributed by atoms with E-state index in [1.54, 1.807) is 24.3 Å². The van der Waals surface area contributed by atoms with Crippen molar-refractivity contribution in [3.05, 3.63) is 24.3 Å². The SMILES string of the molecule is CC(C)(C)C(=O)COc1ccc(OCC(=O)NC2CCCC2)cc1. The molecular weight excluding hydrogens is 306 g/mol. The number of carbonyl (C=O) groups excluding carboxylic acids is 2. The smallest absolute Gasteiger partial charge is 0.258 e. The minimum absolute atomic E-state index is 0.0131. The molecule has 0 heterocycles. The third kappa shape index (κ3) is 5.87. The van der Waals surface area contributed by atoms with Gasteiger partial charge in [0.15, 0.2) is 12.4 Å². The van der Waals surface area contributed by atoms with Gasteiger partial charge in [0.2, 0.25) is 0 Å². The van der Waals surface area contributed by atoms with Crippen molar-refractivity contribution in [1.29, 1.82) is 0 Å². The van der Waals surface area contributed by atoms with Gasteiger partial charge in [0.05, 0.1) is 0 Å². The van der Waals surface area contributed by atoms with Crippen molar-refractivity contribution in [3.8, 4) is 11.5 Å². The second kappa shape index (κ2) is 8.18. The topological polar surface area (TPSA) is 64.6 Å². The Bertz CT molecular complexity index is 554. The van der Waals surface area contributed by atoms with Crippen LogP contribution in [0.4, 0.5) is 0 Å². The largest absolute Gasteiger partial charge is 0.486 e. The average Bonchev–Trinajstić information content (AvgIpc) is 3.03. The lowest BCUT2D eigenvalue weighted by atomic mass is 9.91. The quantitative estimate of drug-likeness (QED) is 0.833. The van der Waals surface area contributed by atoms with Gasteiger partial charge in [0, 0.05) is 11.5 Å². The lowest BCUT2D eigenvalue weighted by Gasteiger charge is -2.17. The molecule has 0 radical (unpaired) electrons. The van der Waals surface area contributed by atoms with Crippen LogP contribution in [0.25, 0.3) is 0 Å². The van der Waals surface area contributed by atoms with Crippen LogP contribution in [0, 0.1) is 5.41 Å². The van der Waals surface area contributed by atoms with E-state index in [1.807, 2.05) is 20.8 Å². The van der Waals surface area contributed by atoms with E-state index in [2.05, 4.69) is 5.32 Å². The molecule has 5 heteroatoms. The van der Waals surface area contributed by atoms with Gasteiger partial charge in [-0.05, 0) is 37.1 Å². The second-order valence-corrected chi connectivity index (χ2v) is 7.27. The Balaban J connectivity index is 1.73. The summed E-state index contributed by atoms with van der Waals surface area (Å²) in [6.45, 7) is 5.66. The monoisotopic (exact) mass is 333 g/mol. The van der Waals surface area contributed by atoms with Crippen molar-refractivity contribution >= 4 is 11.7 Å². The highest BCUT2D eigenvalue weighted by atomic mass is 16.5. The van der Waals surface area contributed by atoms with Crippen LogP contribution in [0.3, 0.4) is 0 Å². The molecular formula is C19H27NO4. The van der Waals surface area contributed by atoms with Crippen molar-refractivity contribution in [2.45, 2.75) is 52.5 Å². The molecule has 0 unspecified atom stereocenters. The maximum atomic E-state index is 11.8. The zero-order valence-electron chi connectivity index (χ0n) is 14.8. The molecule has 2 rings (SSSR count). The molecule has 1 aliphatic carbocycles. The van der Waals surface area contributed by atoms with Crippen LogP contribution in [0.15, 0.2) is 24.3 Å². The van der Waals surface area contributed by atoms with Gasteiger partial charge in [-0.1, -0.05) is 33.6 Å². The highest BCUT2D eigenvalue weighted by Gasteiger charge is 2.21. The molecule has 132 valence electrons. The number of ketones is 1. The van der Waals surface area contributed by atoms with Crippen LogP contribution in [-0.4, -0.2) is 30.9 Å². The maximum absolute atomic E-state index is 11.8. The Morgan fingerprint density at radius 3 is 2.00 bits per heavy atom. The number of hydrogen-bond acceptors (Lipinski definition) is 4. The molecule has 1 aromatic carbocycles. The van der Waals surface area contributed by atoms with Gasteiger partial charge in [-0.25, -0.2) is 0 Å². The lowest BCUT2D eigenvalue weighted by molar-refractivity contribution is -0.128. The first-order chi connectivity index (χ1) is 11.3. The number of ether oxygens (including phenoxy) is 2. The Kier molecular flexibility index (Phi) is 6.23. The first-order valence-electron chi connectivity index (χ1n) is 8.53. The van der Waals surface area contributed by atoms with E-state index in [1.165, 1.54) is 12.8 Å². The predicted octanol–water partition coefficient (Wildman–Crippen LogP) is 3.12. The minimum atomic E-state index is -0.407. The molecule has 1 amide bonds. The van der Waals surface area contributed by atoms with Crippen LogP contribution in [0.1, 0.15) is 46.5 Å². The fourth-order valence-corrected chi connectivity index (χ4v) is 2.49. The number of nitrogens with one attached hydrogen (secondary N) is 1. The molecule has 1 aliphatic rings. The third-order valence-corrected chi connectivity index (χ3v) is 4.12. The zero-order valence-corrected chi connectivity index (χ0v) is 14.8. The number of hydrogen-bond donors (Lipinski definition) is 1. The van der Waals surface area contributed by atoms with Gasteiger partial charge >= 0.3 is 0 Å². The van der Waals surface area contributed by atoms with Gasteiger partial charge in [-0.3, -0.25) is 9.59 Å². The molecule has 0 saturated heterocycles. The number of rotatable bonds is 7. The Labute approximate surface area is 143 Å². The van der Waals surface area contributed by atoms with Crippen LogP contribution >= 0.6 is 0 Å². The predicted molar refractivity (Wildman–Crippen MR) is 92.3 cm³/mol. The van der Waals surface area contributed by atoms with Crippen molar-refractivity contribution < 1.29 is 19.1 Å². The normalized spacial score (nSPS) is 15.1. The van der Waals surface area contributed by atoms with Crippen molar-refractivity contribution in [3.63, 3.8) is 0 Å². The first kappa shape index (κ1) is 18.3. The van der Waals surface area contributed by atoms with E-state index in [9.17, 15) is 9.59 Å². The summed E-state index contributed by atoms with van der Waals surface area (Å²) in [6, 6.07) is 7.25. The van der Waals surface area contributed by atoms with E-state index in [0.29, 0.717) is 17.5 Å². The van der Waals surface area contributed by atoms with E-state index in [0.717, 1.165) is 12.8 Å². The summed E-state index contributed by atoms with van der Waals surface area (Å²) in [4.78, 5) is 23.6. The van der Waals surface area contributed by atoms with Gasteiger partial charge in [0.25, 0.3) is 5.91 Å². The zero-order chi connectivity index (χ0) is 17.6. The van der Waals surface area contributed by atoms with Gasteiger partial charge in [-0.15, -0.1) is 0 Å². The molecule has 1 saturated carbocycles. The summed E-state index contributed by atoms with van der Waals surface area (Å²) in [5.41, 5.74) is -0.407. The first-order valence-corrected chi connectivity index (χ1v) is 8.53. The molecule has 24 heavy (non-hydrogen) atoms. The molecule has 0 aromatic heterocycles. The van der Waals surface area contributed by atoms with Crippen molar-refractivity contribution in [1.82, 2.24) is 5.32 Å². The maximum Gasteiger partial charge on any atom is 0.258 e. The number of amides is 1. The summed E-state index contributed by atoms with van der Waals surface area (Å²) >= 11 is 0. The van der Waals surface area contributed by atoms with E-state index in [-0.39, 0.29) is 24.9 Å². The van der Waals surface area contributed by atoms with Crippen molar-refractivity contribution in [2.24, 2.45) is 5.41 Å². The molecule has 0 atom stereocenters. The Morgan fingerprint density at radius 2 is 1.50 bits per heavy atom. The Morgan fingerprint density at radius 1 is 1.00 bits per heavy atom. The van der Waals surface area contributed by atoms with Gasteiger partial charge in [0.1, 0.15) is 18.1 Å². The standard InChI is InChI=1S/C19H27NO4/c1-19(2,3)17(21)12-23-15-8-10-16(11-9-15)24-13-18(22)20-14-6-4-5-7-14/h8-11,14H,4-7,12-13H2,1-3H3,(H,20,22). The van der Waals surface area contributed by atoms with Gasteiger partial charge < -0.3 is 14.8 Å². The molecule has 5 nitrogen and oxygen atoms in total. The van der Waals surface area contributed by atoms with Crippen LogP contribution < -0.4 is 14.8 Å². The summed E-state index contributed by atoms with van der Waals surface area (Å²) in [6.07, 6.45) is 4.49. The summed E-state index contributed by atoms with van der Waals surface area (Å²) in [5, 5.41) is 2.98. The molecule has 1 fully saturated rings. The second-order valence-electron chi connectivity index (χ2n) is 7.27. The molecule has 0 aliphatic heterocycles. The van der Waals surface area contributed by atoms with Crippen molar-refractivity contribution in [2.75, 3.05) is 13.2 Å². The highest BCUT2D eigenvalue weighted by Crippen LogP contribution is 2.20. The molecule has 1 N–H and O–H groups in total. The van der Waals surface area contributed by atoms with E-state index < -0.39 is 5.41 Å². The fraction of sp³-hybridized carbons (Fsp3) is 0.579. The van der Waals surface area contributed by atoms with Gasteiger partial charge in [-0.2, -0.15) is 0 Å². The third-order valence-electron chi connectivity index (χ3n) is 4.12. The van der Waals surface area contributed by atoms with E-state index in [4.69, 9.17) is 9.47 Å². The number of Topliss-reactive ketones (excluding diaryl/α,β-unsaturated/α-hetero) is 1. The summed E-state index contributed by atoms with van der Waals surface area (Å²) in [5.74, 6) is 1.17. The van der Waals surface area contributed by atoms with Crippen LogP contribution in [0.5, 0.6) is 11.5 Å². The summed E-state index contributed by atoms with van der Waals surface area (Å²) < 4.78 is 11.0. The van der Waals surface area contributed by atoms with E-state index >= 15 is 0 Å². The van der Waals surface area contributed by atoms with Crippen LogP contribution in [0.2, 0.25) is 0 Å². The Hall–Kier alpha value is -2.04. The number of benzene rings is 1. The molecule has 1 aromatic rings. The molecule has 0 spiro atoms. The summed E-state index contributed by atoms with van der Waals surface area (Å²) in [7, 11) is 0. The minimum Gasteiger partial charge on any atom is -0.486 e. The fourth-order valence-electron chi connectivity index (χ4n) is 2.49. The number of carbonyl (C=O) groups is 2. The lowest BCUT2D eigenvalue weighted by Crippen LogP contribution is -2.36. The average molecular weight is 333 g/mol. The highest BCUT2D eigenvalue weighted by molar-refractivity contribution is 5.85.